The third kappa shape index (κ3) is 5.16. The summed E-state index contributed by atoms with van der Waals surface area (Å²) in [6, 6.07) is 22.6. The SMILES string of the molecule is C[C@@H](OC(=O)NC[C@@H]1CN(C(=O)C(F)(F)F)C[C@@H]1c1ccccc1)c1cccc2ccccc12. The minimum atomic E-state index is -4.93. The van der Waals surface area contributed by atoms with E-state index in [2.05, 4.69) is 5.32 Å². The van der Waals surface area contributed by atoms with Gasteiger partial charge in [-0.1, -0.05) is 72.8 Å². The van der Waals surface area contributed by atoms with Gasteiger partial charge in [-0.15, -0.1) is 0 Å². The van der Waals surface area contributed by atoms with E-state index in [1.165, 1.54) is 0 Å². The smallest absolute Gasteiger partial charge is 0.442 e. The molecule has 5 nitrogen and oxygen atoms in total. The van der Waals surface area contributed by atoms with Gasteiger partial charge in [0.1, 0.15) is 6.10 Å². The van der Waals surface area contributed by atoms with E-state index >= 15 is 0 Å². The summed E-state index contributed by atoms with van der Waals surface area (Å²) in [4.78, 5) is 25.2. The number of ether oxygens (including phenoxy) is 1. The molecule has 0 saturated carbocycles. The minimum absolute atomic E-state index is 0.0594. The van der Waals surface area contributed by atoms with Crippen LogP contribution < -0.4 is 5.32 Å². The molecular formula is C26H25F3N2O3. The average molecular weight is 470 g/mol. The number of likely N-dealkylation sites (tertiary alicyclic amines) is 1. The molecule has 3 atom stereocenters. The van der Waals surface area contributed by atoms with Gasteiger partial charge in [-0.25, -0.2) is 4.79 Å². The maximum atomic E-state index is 13.0. The second kappa shape index (κ2) is 9.75. The Balaban J connectivity index is 1.43. The summed E-state index contributed by atoms with van der Waals surface area (Å²) >= 11 is 0. The van der Waals surface area contributed by atoms with Crippen molar-refractivity contribution >= 4 is 22.8 Å². The molecule has 178 valence electrons. The van der Waals surface area contributed by atoms with E-state index in [9.17, 15) is 22.8 Å². The van der Waals surface area contributed by atoms with Gasteiger partial charge in [-0.2, -0.15) is 13.2 Å². The van der Waals surface area contributed by atoms with Crippen LogP contribution in [0.3, 0.4) is 0 Å². The molecule has 1 heterocycles. The lowest BCUT2D eigenvalue weighted by Crippen LogP contribution is -2.40. The van der Waals surface area contributed by atoms with Gasteiger partial charge in [0, 0.05) is 37.0 Å². The van der Waals surface area contributed by atoms with Crippen molar-refractivity contribution in [2.24, 2.45) is 5.92 Å². The zero-order chi connectivity index (χ0) is 24.3. The molecule has 8 heteroatoms. The molecule has 1 aliphatic rings. The number of amides is 2. The van der Waals surface area contributed by atoms with Crippen molar-refractivity contribution in [1.29, 1.82) is 0 Å². The number of nitrogens with zero attached hydrogens (tertiary/aromatic N) is 1. The van der Waals surface area contributed by atoms with Crippen LogP contribution in [0.4, 0.5) is 18.0 Å². The standard InChI is InChI=1S/C26H25F3N2O3/c1-17(21-13-7-11-18-10-5-6-12-22(18)21)34-25(33)30-14-20-15-31(24(32)26(27,28)29)16-23(20)19-8-3-2-4-9-19/h2-13,17,20,23H,14-16H2,1H3,(H,30,33)/t17-,20-,23-/m1/s1. The summed E-state index contributed by atoms with van der Waals surface area (Å²) in [5.41, 5.74) is 1.68. The number of halogens is 3. The molecule has 1 N–H and O–H groups in total. The van der Waals surface area contributed by atoms with Crippen molar-refractivity contribution in [3.63, 3.8) is 0 Å². The molecule has 1 aliphatic heterocycles. The second-order valence-corrected chi connectivity index (χ2v) is 8.48. The Labute approximate surface area is 195 Å². The summed E-state index contributed by atoms with van der Waals surface area (Å²) in [5, 5.41) is 4.70. The number of nitrogens with one attached hydrogen (secondary N) is 1. The van der Waals surface area contributed by atoms with Crippen molar-refractivity contribution in [2.45, 2.75) is 25.1 Å². The van der Waals surface area contributed by atoms with Crippen LogP contribution in [0.25, 0.3) is 10.8 Å². The van der Waals surface area contributed by atoms with Crippen LogP contribution >= 0.6 is 0 Å². The summed E-state index contributed by atoms with van der Waals surface area (Å²) in [6.07, 6.45) is -6.12. The Morgan fingerprint density at radius 3 is 2.41 bits per heavy atom. The lowest BCUT2D eigenvalue weighted by molar-refractivity contribution is -0.184. The fourth-order valence-electron chi connectivity index (χ4n) is 4.59. The van der Waals surface area contributed by atoms with Crippen LogP contribution in [0.2, 0.25) is 0 Å². The Morgan fingerprint density at radius 1 is 1.00 bits per heavy atom. The number of hydrogen-bond acceptors (Lipinski definition) is 3. The van der Waals surface area contributed by atoms with E-state index < -0.39 is 24.3 Å². The van der Waals surface area contributed by atoms with Gasteiger partial charge >= 0.3 is 18.2 Å². The number of carbonyl (C=O) groups is 2. The fourth-order valence-corrected chi connectivity index (χ4v) is 4.59. The highest BCUT2D eigenvalue weighted by Crippen LogP contribution is 2.34. The zero-order valence-corrected chi connectivity index (χ0v) is 18.6. The molecule has 3 aromatic rings. The van der Waals surface area contributed by atoms with E-state index in [-0.39, 0.29) is 31.5 Å². The predicted octanol–water partition coefficient (Wildman–Crippen LogP) is 5.43. The lowest BCUT2D eigenvalue weighted by atomic mass is 9.89. The molecule has 1 fully saturated rings. The highest BCUT2D eigenvalue weighted by Gasteiger charge is 2.47. The van der Waals surface area contributed by atoms with Crippen molar-refractivity contribution in [1.82, 2.24) is 10.2 Å². The molecule has 0 unspecified atom stereocenters. The Kier molecular flexibility index (Phi) is 6.77. The maximum Gasteiger partial charge on any atom is 0.471 e. The molecule has 1 saturated heterocycles. The highest BCUT2D eigenvalue weighted by molar-refractivity contribution is 5.86. The molecule has 0 bridgehead atoms. The van der Waals surface area contributed by atoms with Crippen LogP contribution in [-0.4, -0.2) is 42.7 Å². The third-order valence-electron chi connectivity index (χ3n) is 6.25. The van der Waals surface area contributed by atoms with Gasteiger partial charge in [0.25, 0.3) is 0 Å². The fraction of sp³-hybridized carbons (Fsp3) is 0.308. The first kappa shape index (κ1) is 23.6. The molecular weight excluding hydrogens is 445 g/mol. The number of hydrogen-bond donors (Lipinski definition) is 1. The largest absolute Gasteiger partial charge is 0.471 e. The first-order chi connectivity index (χ1) is 16.2. The quantitative estimate of drug-likeness (QED) is 0.541. The van der Waals surface area contributed by atoms with Crippen molar-refractivity contribution < 1.29 is 27.5 Å². The number of fused-ring (bicyclic) bond motifs is 1. The van der Waals surface area contributed by atoms with Gasteiger partial charge in [0.05, 0.1) is 0 Å². The predicted molar refractivity (Wildman–Crippen MR) is 122 cm³/mol. The lowest BCUT2D eigenvalue weighted by Gasteiger charge is -2.20. The van der Waals surface area contributed by atoms with Gasteiger partial charge < -0.3 is 15.0 Å². The summed E-state index contributed by atoms with van der Waals surface area (Å²) in [5.74, 6) is -2.57. The van der Waals surface area contributed by atoms with E-state index in [0.29, 0.717) is 0 Å². The molecule has 0 aromatic heterocycles. The van der Waals surface area contributed by atoms with Gasteiger partial charge in [-0.3, -0.25) is 4.79 Å². The number of carbonyl (C=O) groups excluding carboxylic acids is 2. The zero-order valence-electron chi connectivity index (χ0n) is 18.6. The average Bonchev–Trinajstić information content (AvgIpc) is 3.26. The van der Waals surface area contributed by atoms with Gasteiger partial charge in [-0.05, 0) is 23.3 Å². The second-order valence-electron chi connectivity index (χ2n) is 8.48. The van der Waals surface area contributed by atoms with Crippen LogP contribution in [0.1, 0.15) is 30.1 Å². The van der Waals surface area contributed by atoms with E-state index in [4.69, 9.17) is 4.74 Å². The first-order valence-corrected chi connectivity index (χ1v) is 11.1. The number of alkyl carbamates (subject to hydrolysis) is 1. The van der Waals surface area contributed by atoms with E-state index in [1.54, 1.807) is 19.1 Å². The normalized spacial score (nSPS) is 19.1. The van der Waals surface area contributed by atoms with Crippen molar-refractivity contribution in [3.05, 3.63) is 83.9 Å². The van der Waals surface area contributed by atoms with E-state index in [0.717, 1.165) is 26.8 Å². The number of benzene rings is 3. The monoisotopic (exact) mass is 470 g/mol. The van der Waals surface area contributed by atoms with Crippen LogP contribution in [0.15, 0.2) is 72.8 Å². The van der Waals surface area contributed by atoms with Crippen LogP contribution in [0, 0.1) is 5.92 Å². The molecule has 0 aliphatic carbocycles. The molecule has 0 radical (unpaired) electrons. The number of alkyl halides is 3. The van der Waals surface area contributed by atoms with Gasteiger partial charge in [0.15, 0.2) is 0 Å². The van der Waals surface area contributed by atoms with Crippen molar-refractivity contribution in [2.75, 3.05) is 19.6 Å². The summed E-state index contributed by atoms with van der Waals surface area (Å²) in [7, 11) is 0. The Morgan fingerprint density at radius 2 is 1.68 bits per heavy atom. The highest BCUT2D eigenvalue weighted by atomic mass is 19.4. The van der Waals surface area contributed by atoms with Crippen LogP contribution in [-0.2, 0) is 9.53 Å². The third-order valence-corrected chi connectivity index (χ3v) is 6.25. The number of rotatable bonds is 5. The first-order valence-electron chi connectivity index (χ1n) is 11.1. The minimum Gasteiger partial charge on any atom is -0.442 e. The molecule has 0 spiro atoms. The van der Waals surface area contributed by atoms with Crippen LogP contribution in [0.5, 0.6) is 0 Å². The Bertz CT molecular complexity index is 1160. The van der Waals surface area contributed by atoms with E-state index in [1.807, 2.05) is 60.7 Å². The summed E-state index contributed by atoms with van der Waals surface area (Å²) in [6.45, 7) is 1.70. The topological polar surface area (TPSA) is 58.6 Å². The molecule has 2 amide bonds. The maximum absolute atomic E-state index is 13.0. The van der Waals surface area contributed by atoms with Gasteiger partial charge in [0.2, 0.25) is 0 Å². The Hall–Kier alpha value is -3.55. The van der Waals surface area contributed by atoms with Crippen molar-refractivity contribution in [3.8, 4) is 0 Å². The molecule has 4 rings (SSSR count). The molecule has 3 aromatic carbocycles. The molecule has 34 heavy (non-hydrogen) atoms. The summed E-state index contributed by atoms with van der Waals surface area (Å²) < 4.78 is 44.6.